The van der Waals surface area contributed by atoms with Gasteiger partial charge in [-0.2, -0.15) is 0 Å². The van der Waals surface area contributed by atoms with Crippen molar-refractivity contribution >= 4 is 26.8 Å². The predicted octanol–water partition coefficient (Wildman–Crippen LogP) is 1.88. The Morgan fingerprint density at radius 3 is 2.33 bits per heavy atom. The van der Waals surface area contributed by atoms with Gasteiger partial charge < -0.3 is 4.55 Å². The van der Waals surface area contributed by atoms with Crippen LogP contribution in [0, 0.1) is 0 Å². The fourth-order valence-corrected chi connectivity index (χ4v) is 1.58. The molecule has 12 heavy (non-hydrogen) atoms. The standard InChI is InChI=1S/C8H9ClO2S/c1-12(10,11)6-7-2-4-8(9)5-3-7/h2-6H,1H3,(H,10,11). The molecule has 1 aromatic carbocycles. The van der Waals surface area contributed by atoms with E-state index in [0.717, 1.165) is 0 Å². The Kier molecular flexibility index (Phi) is 2.77. The molecule has 0 radical (unpaired) electrons. The molecule has 0 aliphatic heterocycles. The number of rotatable bonds is 1. The quantitative estimate of drug-likeness (QED) is 0.710. The van der Waals surface area contributed by atoms with Gasteiger partial charge in [0.1, 0.15) is 0 Å². The normalized spacial score (nSPS) is 15.2. The Hall–Kier alpha value is -0.510. The molecule has 0 aliphatic carbocycles. The molecule has 1 N–H and O–H groups in total. The first-order chi connectivity index (χ1) is 5.47. The lowest BCUT2D eigenvalue weighted by molar-refractivity contribution is 0.566. The van der Waals surface area contributed by atoms with Crippen molar-refractivity contribution in [2.45, 2.75) is 0 Å². The van der Waals surface area contributed by atoms with Gasteiger partial charge >= 0.3 is 0 Å². The highest BCUT2D eigenvalue weighted by Gasteiger charge is 1.93. The van der Waals surface area contributed by atoms with Gasteiger partial charge in [-0.15, -0.1) is 0 Å². The zero-order valence-corrected chi connectivity index (χ0v) is 8.10. The third-order valence-corrected chi connectivity index (χ3v) is 2.19. The molecule has 0 aromatic heterocycles. The Morgan fingerprint density at radius 2 is 1.92 bits per heavy atom. The molecule has 0 spiro atoms. The second-order valence-electron chi connectivity index (χ2n) is 2.53. The molecule has 0 aliphatic rings. The summed E-state index contributed by atoms with van der Waals surface area (Å²) in [6.45, 7) is 0. The van der Waals surface area contributed by atoms with Crippen LogP contribution in [0.3, 0.4) is 0 Å². The smallest absolute Gasteiger partial charge is 0.0791 e. The van der Waals surface area contributed by atoms with Gasteiger partial charge in [-0.05, 0) is 17.7 Å². The second kappa shape index (κ2) is 3.47. The van der Waals surface area contributed by atoms with Crippen molar-refractivity contribution < 1.29 is 8.76 Å². The van der Waals surface area contributed by atoms with Crippen LogP contribution in [0.2, 0.25) is 5.02 Å². The average molecular weight is 205 g/mol. The van der Waals surface area contributed by atoms with E-state index >= 15 is 0 Å². The van der Waals surface area contributed by atoms with Crippen LogP contribution in [0.25, 0.3) is 0 Å². The minimum atomic E-state index is -2.81. The third-order valence-electron chi connectivity index (χ3n) is 1.22. The van der Waals surface area contributed by atoms with Crippen LogP contribution < -0.4 is 0 Å². The molecular weight excluding hydrogens is 196 g/mol. The lowest BCUT2D eigenvalue weighted by Crippen LogP contribution is -1.98. The van der Waals surface area contributed by atoms with Crippen molar-refractivity contribution in [2.24, 2.45) is 0 Å². The number of hydrogen-bond acceptors (Lipinski definition) is 1. The molecule has 1 atom stereocenters. The van der Waals surface area contributed by atoms with Gasteiger partial charge in [0.25, 0.3) is 0 Å². The molecule has 0 saturated heterocycles. The fourth-order valence-electron chi connectivity index (χ4n) is 0.794. The van der Waals surface area contributed by atoms with Crippen molar-refractivity contribution in [1.82, 2.24) is 0 Å². The third kappa shape index (κ3) is 3.26. The van der Waals surface area contributed by atoms with Gasteiger partial charge in [-0.1, -0.05) is 23.7 Å². The van der Waals surface area contributed by atoms with Crippen molar-refractivity contribution in [3.8, 4) is 0 Å². The highest BCUT2D eigenvalue weighted by molar-refractivity contribution is 7.95. The highest BCUT2D eigenvalue weighted by Crippen LogP contribution is 2.08. The first-order valence-corrected chi connectivity index (χ1v) is 5.66. The first-order valence-electron chi connectivity index (χ1n) is 3.29. The van der Waals surface area contributed by atoms with Crippen LogP contribution in [0.5, 0.6) is 0 Å². The Balaban J connectivity index is 3.08. The summed E-state index contributed by atoms with van der Waals surface area (Å²) < 4.78 is 19.9. The minimum absolute atomic E-state index is 0.618. The van der Waals surface area contributed by atoms with E-state index in [1.54, 1.807) is 24.3 Å². The summed E-state index contributed by atoms with van der Waals surface area (Å²) in [6.07, 6.45) is 1.27. The summed E-state index contributed by atoms with van der Waals surface area (Å²) in [5.74, 6) is 0. The van der Waals surface area contributed by atoms with Gasteiger partial charge in [0.2, 0.25) is 0 Å². The summed E-state index contributed by atoms with van der Waals surface area (Å²) in [4.78, 5) is 0. The number of halogens is 1. The monoisotopic (exact) mass is 204 g/mol. The number of hydrogen-bond donors (Lipinski definition) is 1. The van der Waals surface area contributed by atoms with Gasteiger partial charge in [0, 0.05) is 16.6 Å². The van der Waals surface area contributed by atoms with Gasteiger partial charge in [0.15, 0.2) is 0 Å². The molecule has 0 fully saturated rings. The largest absolute Gasteiger partial charge is 0.314 e. The molecule has 0 bridgehead atoms. The first kappa shape index (κ1) is 9.58. The van der Waals surface area contributed by atoms with Crippen molar-refractivity contribution in [3.05, 3.63) is 34.9 Å². The Labute approximate surface area is 77.0 Å². The molecule has 0 saturated carbocycles. The van der Waals surface area contributed by atoms with Gasteiger partial charge in [-0.3, -0.25) is 0 Å². The van der Waals surface area contributed by atoms with Crippen molar-refractivity contribution in [3.63, 3.8) is 0 Å². The van der Waals surface area contributed by atoms with E-state index in [-0.39, 0.29) is 0 Å². The maximum atomic E-state index is 10.9. The second-order valence-corrected chi connectivity index (χ2v) is 4.92. The number of benzene rings is 1. The molecule has 0 heterocycles. The van der Waals surface area contributed by atoms with E-state index in [1.807, 2.05) is 0 Å². The molecule has 4 heteroatoms. The van der Waals surface area contributed by atoms with Gasteiger partial charge in [-0.25, -0.2) is 4.21 Å². The summed E-state index contributed by atoms with van der Waals surface area (Å²) >= 11 is 5.64. The summed E-state index contributed by atoms with van der Waals surface area (Å²) in [5, 5.41) is 1.93. The molecule has 66 valence electrons. The minimum Gasteiger partial charge on any atom is -0.314 e. The molecule has 1 rings (SSSR count). The van der Waals surface area contributed by atoms with E-state index in [9.17, 15) is 4.21 Å². The molecule has 1 unspecified atom stereocenters. The Morgan fingerprint density at radius 1 is 1.42 bits per heavy atom. The summed E-state index contributed by atoms with van der Waals surface area (Å²) in [6, 6.07) is 6.75. The summed E-state index contributed by atoms with van der Waals surface area (Å²) in [5.41, 5.74) is 0.703. The van der Waals surface area contributed by atoms with Gasteiger partial charge in [0.05, 0.1) is 9.80 Å². The maximum absolute atomic E-state index is 10.9. The summed E-state index contributed by atoms with van der Waals surface area (Å²) in [7, 11) is -2.81. The van der Waals surface area contributed by atoms with Crippen LogP contribution in [-0.4, -0.2) is 20.4 Å². The van der Waals surface area contributed by atoms with E-state index in [1.165, 1.54) is 11.6 Å². The maximum Gasteiger partial charge on any atom is 0.0791 e. The van der Waals surface area contributed by atoms with Crippen LogP contribution in [0.4, 0.5) is 0 Å². The van der Waals surface area contributed by atoms with Crippen LogP contribution >= 0.6 is 11.6 Å². The van der Waals surface area contributed by atoms with E-state index in [0.29, 0.717) is 10.6 Å². The van der Waals surface area contributed by atoms with E-state index in [4.69, 9.17) is 16.2 Å². The molecule has 0 amide bonds. The Bertz CT molecular complexity index is 367. The molecular formula is C8H9ClO2S. The lowest BCUT2D eigenvalue weighted by atomic mass is 10.2. The lowest BCUT2D eigenvalue weighted by Gasteiger charge is -1.95. The van der Waals surface area contributed by atoms with Crippen LogP contribution in [-0.2, 0) is 9.80 Å². The molecule has 2 nitrogen and oxygen atoms in total. The van der Waals surface area contributed by atoms with E-state index in [2.05, 4.69) is 0 Å². The van der Waals surface area contributed by atoms with Crippen LogP contribution in [0.15, 0.2) is 24.3 Å². The fraction of sp³-hybridized carbons (Fsp3) is 0.125. The van der Waals surface area contributed by atoms with Crippen LogP contribution in [0.1, 0.15) is 5.56 Å². The predicted molar refractivity (Wildman–Crippen MR) is 53.3 cm³/mol. The average Bonchev–Trinajstić information content (AvgIpc) is 1.91. The highest BCUT2D eigenvalue weighted by atomic mass is 35.5. The van der Waals surface area contributed by atoms with Crippen molar-refractivity contribution in [2.75, 3.05) is 6.26 Å². The zero-order valence-electron chi connectivity index (χ0n) is 6.53. The van der Waals surface area contributed by atoms with E-state index < -0.39 is 9.80 Å². The zero-order chi connectivity index (χ0) is 9.19. The topological polar surface area (TPSA) is 37.3 Å². The van der Waals surface area contributed by atoms with Crippen molar-refractivity contribution in [1.29, 1.82) is 0 Å². The SMILES string of the molecule is CS(=O)(O)=Cc1ccc(Cl)cc1. The molecule has 1 aromatic rings.